The molecule has 0 aliphatic carbocycles. The van der Waals surface area contributed by atoms with Crippen molar-refractivity contribution in [3.8, 4) is 11.8 Å². The Labute approximate surface area is 159 Å². The van der Waals surface area contributed by atoms with Crippen LogP contribution in [0.2, 0.25) is 0 Å². The number of nitriles is 1. The van der Waals surface area contributed by atoms with Gasteiger partial charge in [-0.15, -0.1) is 0 Å². The van der Waals surface area contributed by atoms with Gasteiger partial charge < -0.3 is 10.1 Å². The zero-order chi connectivity index (χ0) is 18.5. The number of ether oxygens (including phenoxy) is 1. The van der Waals surface area contributed by atoms with E-state index in [4.69, 9.17) is 4.74 Å². The number of carbonyl (C=O) groups is 1. The van der Waals surface area contributed by atoms with Gasteiger partial charge in [0.2, 0.25) is 0 Å². The van der Waals surface area contributed by atoms with Gasteiger partial charge in [0.05, 0.1) is 7.11 Å². The first-order chi connectivity index (χ1) is 12.6. The van der Waals surface area contributed by atoms with Gasteiger partial charge in [-0.3, -0.25) is 4.79 Å². The van der Waals surface area contributed by atoms with Crippen LogP contribution in [0.1, 0.15) is 5.56 Å². The fraction of sp³-hybridized carbons (Fsp3) is 0.0476. The number of hydrogen-bond acceptors (Lipinski definition) is 3. The summed E-state index contributed by atoms with van der Waals surface area (Å²) in [7, 11) is 1.56. The zero-order valence-corrected chi connectivity index (χ0v) is 15.6. The van der Waals surface area contributed by atoms with Crippen molar-refractivity contribution in [1.82, 2.24) is 0 Å². The first-order valence-corrected chi connectivity index (χ1v) is 8.66. The molecule has 3 rings (SSSR count). The Balaban J connectivity index is 2.01. The van der Waals surface area contributed by atoms with Crippen LogP contribution in [0.5, 0.6) is 5.75 Å². The molecule has 0 aromatic heterocycles. The summed E-state index contributed by atoms with van der Waals surface area (Å²) < 4.78 is 6.33. The lowest BCUT2D eigenvalue weighted by molar-refractivity contribution is -0.112. The van der Waals surface area contributed by atoms with E-state index < -0.39 is 5.91 Å². The molecule has 0 saturated carbocycles. The molecule has 4 nitrogen and oxygen atoms in total. The molecule has 0 spiro atoms. The van der Waals surface area contributed by atoms with E-state index in [2.05, 4.69) is 21.2 Å². The Morgan fingerprint density at radius 3 is 2.54 bits per heavy atom. The lowest BCUT2D eigenvalue weighted by Crippen LogP contribution is -2.13. The van der Waals surface area contributed by atoms with Gasteiger partial charge in [0.1, 0.15) is 17.4 Å². The molecule has 0 bridgehead atoms. The smallest absolute Gasteiger partial charge is 0.266 e. The third-order valence-electron chi connectivity index (χ3n) is 3.91. The van der Waals surface area contributed by atoms with Crippen LogP contribution in [-0.4, -0.2) is 13.0 Å². The Hall–Kier alpha value is -3.10. The topological polar surface area (TPSA) is 62.1 Å². The molecular weight excluding hydrogens is 392 g/mol. The van der Waals surface area contributed by atoms with Gasteiger partial charge in [-0.05, 0) is 47.2 Å². The van der Waals surface area contributed by atoms with E-state index in [1.54, 1.807) is 25.3 Å². The van der Waals surface area contributed by atoms with E-state index in [0.717, 1.165) is 15.2 Å². The second kappa shape index (κ2) is 7.85. The van der Waals surface area contributed by atoms with E-state index >= 15 is 0 Å². The lowest BCUT2D eigenvalue weighted by Gasteiger charge is -2.10. The zero-order valence-electron chi connectivity index (χ0n) is 14.0. The van der Waals surface area contributed by atoms with Gasteiger partial charge in [-0.1, -0.05) is 46.3 Å². The second-order valence-electron chi connectivity index (χ2n) is 5.53. The molecular formula is C21H15BrN2O2. The van der Waals surface area contributed by atoms with Crippen LogP contribution >= 0.6 is 15.9 Å². The van der Waals surface area contributed by atoms with Crippen molar-refractivity contribution in [1.29, 1.82) is 5.26 Å². The first-order valence-electron chi connectivity index (χ1n) is 7.87. The monoisotopic (exact) mass is 406 g/mol. The van der Waals surface area contributed by atoms with Gasteiger partial charge in [0.15, 0.2) is 0 Å². The molecule has 0 heterocycles. The van der Waals surface area contributed by atoms with Crippen LogP contribution in [0.15, 0.2) is 70.7 Å². The molecule has 128 valence electrons. The van der Waals surface area contributed by atoms with E-state index in [9.17, 15) is 10.1 Å². The number of hydrogen-bond donors (Lipinski definition) is 1. The van der Waals surface area contributed by atoms with Gasteiger partial charge in [-0.2, -0.15) is 5.26 Å². The molecule has 5 heteroatoms. The summed E-state index contributed by atoms with van der Waals surface area (Å²) in [4.78, 5) is 12.5. The Bertz CT molecular complexity index is 1030. The lowest BCUT2D eigenvalue weighted by atomic mass is 10.0. The van der Waals surface area contributed by atoms with Crippen molar-refractivity contribution >= 4 is 44.4 Å². The predicted octanol–water partition coefficient (Wildman–Crippen LogP) is 5.16. The third-order valence-corrected chi connectivity index (χ3v) is 4.44. The highest BCUT2D eigenvalue weighted by molar-refractivity contribution is 9.10. The summed E-state index contributed by atoms with van der Waals surface area (Å²) in [5.74, 6) is 0.137. The Morgan fingerprint density at radius 2 is 1.85 bits per heavy atom. The number of halogens is 1. The predicted molar refractivity (Wildman–Crippen MR) is 107 cm³/mol. The highest BCUT2D eigenvalue weighted by Gasteiger charge is 2.13. The number of anilines is 1. The van der Waals surface area contributed by atoms with Gasteiger partial charge in [-0.25, -0.2) is 0 Å². The standard InChI is InChI=1S/C21H15BrN2O2/c1-26-20-11-6-14-4-2-3-5-18(14)19(20)12-15(13-23)21(25)24-17-9-7-16(22)8-10-17/h2-12H,1H3,(H,24,25)/b15-12-. The van der Waals surface area contributed by atoms with Crippen molar-refractivity contribution in [2.45, 2.75) is 0 Å². The molecule has 1 amide bonds. The summed E-state index contributed by atoms with van der Waals surface area (Å²) in [6.45, 7) is 0. The van der Waals surface area contributed by atoms with E-state index in [1.165, 1.54) is 0 Å². The minimum Gasteiger partial charge on any atom is -0.496 e. The SMILES string of the molecule is COc1ccc2ccccc2c1/C=C(/C#N)C(=O)Nc1ccc(Br)cc1. The van der Waals surface area contributed by atoms with Crippen molar-refractivity contribution in [2.24, 2.45) is 0 Å². The normalized spacial score (nSPS) is 11.0. The molecule has 0 radical (unpaired) electrons. The fourth-order valence-corrected chi connectivity index (χ4v) is 2.89. The summed E-state index contributed by atoms with van der Waals surface area (Å²) in [6.07, 6.45) is 1.56. The number of nitrogens with zero attached hydrogens (tertiary/aromatic N) is 1. The average molecular weight is 407 g/mol. The van der Waals surface area contributed by atoms with Gasteiger partial charge in [0.25, 0.3) is 5.91 Å². The molecule has 0 atom stereocenters. The van der Waals surface area contributed by atoms with Crippen molar-refractivity contribution in [2.75, 3.05) is 12.4 Å². The molecule has 26 heavy (non-hydrogen) atoms. The maximum Gasteiger partial charge on any atom is 0.266 e. The molecule has 3 aromatic rings. The van der Waals surface area contributed by atoms with Gasteiger partial charge >= 0.3 is 0 Å². The van der Waals surface area contributed by atoms with Crippen molar-refractivity contribution in [3.63, 3.8) is 0 Å². The maximum absolute atomic E-state index is 12.5. The number of amides is 1. The quantitative estimate of drug-likeness (QED) is 0.480. The Kier molecular flexibility index (Phi) is 5.35. The second-order valence-corrected chi connectivity index (χ2v) is 6.45. The molecule has 0 saturated heterocycles. The highest BCUT2D eigenvalue weighted by atomic mass is 79.9. The minimum absolute atomic E-state index is 0.00238. The average Bonchev–Trinajstić information content (AvgIpc) is 2.67. The van der Waals surface area contributed by atoms with Crippen LogP contribution in [0.3, 0.4) is 0 Å². The molecule has 0 unspecified atom stereocenters. The van der Waals surface area contributed by atoms with E-state index in [0.29, 0.717) is 17.0 Å². The largest absolute Gasteiger partial charge is 0.496 e. The summed E-state index contributed by atoms with van der Waals surface area (Å²) >= 11 is 3.35. The summed E-state index contributed by atoms with van der Waals surface area (Å²) in [5.41, 5.74) is 1.32. The fourth-order valence-electron chi connectivity index (χ4n) is 2.63. The van der Waals surface area contributed by atoms with Crippen LogP contribution in [0, 0.1) is 11.3 Å². The third kappa shape index (κ3) is 3.76. The number of fused-ring (bicyclic) bond motifs is 1. The summed E-state index contributed by atoms with van der Waals surface area (Å²) in [5, 5.41) is 14.1. The molecule has 3 aromatic carbocycles. The van der Waals surface area contributed by atoms with Crippen LogP contribution in [0.25, 0.3) is 16.8 Å². The number of rotatable bonds is 4. The van der Waals surface area contributed by atoms with Crippen molar-refractivity contribution < 1.29 is 9.53 Å². The van der Waals surface area contributed by atoms with Crippen molar-refractivity contribution in [3.05, 3.63) is 76.3 Å². The number of benzene rings is 3. The van der Waals surface area contributed by atoms with Crippen LogP contribution < -0.4 is 10.1 Å². The summed E-state index contributed by atoms with van der Waals surface area (Å²) in [6, 6.07) is 20.7. The maximum atomic E-state index is 12.5. The highest BCUT2D eigenvalue weighted by Crippen LogP contribution is 2.30. The number of nitrogens with one attached hydrogen (secondary N) is 1. The first kappa shape index (κ1) is 17.7. The number of carbonyl (C=O) groups excluding carboxylic acids is 1. The van der Waals surface area contributed by atoms with E-state index in [-0.39, 0.29) is 5.57 Å². The van der Waals surface area contributed by atoms with Gasteiger partial charge in [0, 0.05) is 15.7 Å². The molecule has 0 fully saturated rings. The molecule has 1 N–H and O–H groups in total. The van der Waals surface area contributed by atoms with Crippen LogP contribution in [0.4, 0.5) is 5.69 Å². The molecule has 0 aliphatic rings. The van der Waals surface area contributed by atoms with Crippen LogP contribution in [-0.2, 0) is 4.79 Å². The molecule has 0 aliphatic heterocycles. The Morgan fingerprint density at radius 1 is 1.12 bits per heavy atom. The minimum atomic E-state index is -0.468. The van der Waals surface area contributed by atoms with E-state index in [1.807, 2.05) is 54.6 Å². The number of methoxy groups -OCH3 is 1.